The Bertz CT molecular complexity index is 248. The van der Waals surface area contributed by atoms with E-state index < -0.39 is 0 Å². The summed E-state index contributed by atoms with van der Waals surface area (Å²) in [7, 11) is 0. The van der Waals surface area contributed by atoms with Crippen molar-refractivity contribution in [1.82, 2.24) is 4.57 Å². The molecule has 1 aromatic heterocycles. The molecule has 0 aromatic carbocycles. The van der Waals surface area contributed by atoms with E-state index in [0.29, 0.717) is 19.4 Å². The quantitative estimate of drug-likeness (QED) is 0.519. The van der Waals surface area contributed by atoms with Crippen LogP contribution in [0.3, 0.4) is 0 Å². The van der Waals surface area contributed by atoms with Gasteiger partial charge in [-0.2, -0.15) is 0 Å². The molecule has 0 unspecified atom stereocenters. The maximum atomic E-state index is 9.97. The van der Waals surface area contributed by atoms with Crippen molar-refractivity contribution in [3.8, 4) is 11.8 Å². The van der Waals surface area contributed by atoms with Crippen LogP contribution in [0.15, 0.2) is 12.1 Å². The third kappa shape index (κ3) is 1.78. The van der Waals surface area contributed by atoms with Crippen LogP contribution in [0.4, 0.5) is 0 Å². The molecule has 0 saturated carbocycles. The highest BCUT2D eigenvalue weighted by molar-refractivity contribution is 5.48. The van der Waals surface area contributed by atoms with Gasteiger partial charge in [-0.05, 0) is 6.42 Å². The lowest BCUT2D eigenvalue weighted by Crippen LogP contribution is -1.96. The van der Waals surface area contributed by atoms with E-state index in [1.165, 1.54) is 16.7 Å². The second kappa shape index (κ2) is 3.80. The van der Waals surface area contributed by atoms with E-state index >= 15 is 0 Å². The Labute approximate surface area is 70.1 Å². The Morgan fingerprint density at radius 1 is 1.33 bits per heavy atom. The summed E-state index contributed by atoms with van der Waals surface area (Å²) < 4.78 is 1.35. The number of rotatable bonds is 4. The standard InChI is InChI=1S/C8H11NO3/c10-6-2-1-5-9-7(11)3-4-8(9)12/h3-4,6,11-12H,1-2,5H2. The molecular weight excluding hydrogens is 158 g/mol. The lowest BCUT2D eigenvalue weighted by Gasteiger charge is -2.03. The summed E-state index contributed by atoms with van der Waals surface area (Å²) in [5.41, 5.74) is 0. The van der Waals surface area contributed by atoms with Gasteiger partial charge in [-0.25, -0.2) is 0 Å². The minimum Gasteiger partial charge on any atom is -0.494 e. The molecular formula is C8H11NO3. The molecule has 0 radical (unpaired) electrons. The Hall–Kier alpha value is -1.45. The number of carbonyl (C=O) groups excluding carboxylic acids is 1. The predicted octanol–water partition coefficient (Wildman–Crippen LogP) is 0.878. The molecule has 0 bridgehead atoms. The van der Waals surface area contributed by atoms with Gasteiger partial charge in [0.1, 0.15) is 6.29 Å². The number of nitrogens with zero attached hydrogens (tertiary/aromatic N) is 1. The topological polar surface area (TPSA) is 62.5 Å². The second-order valence-electron chi connectivity index (χ2n) is 2.51. The molecule has 1 aromatic rings. The highest BCUT2D eigenvalue weighted by atomic mass is 16.3. The first-order valence-corrected chi connectivity index (χ1v) is 3.77. The summed E-state index contributed by atoms with van der Waals surface area (Å²) in [6.45, 7) is 0.462. The minimum absolute atomic E-state index is 0.0263. The summed E-state index contributed by atoms with van der Waals surface area (Å²) in [5, 5.41) is 18.3. The minimum atomic E-state index is 0.0263. The van der Waals surface area contributed by atoms with E-state index in [1.807, 2.05) is 0 Å². The number of aromatic nitrogens is 1. The van der Waals surface area contributed by atoms with Crippen molar-refractivity contribution in [2.45, 2.75) is 19.4 Å². The third-order valence-corrected chi connectivity index (χ3v) is 1.64. The van der Waals surface area contributed by atoms with Crippen LogP contribution in [0, 0.1) is 0 Å². The van der Waals surface area contributed by atoms with E-state index in [4.69, 9.17) is 10.2 Å². The van der Waals surface area contributed by atoms with Gasteiger partial charge in [0.05, 0.1) is 0 Å². The van der Waals surface area contributed by atoms with E-state index in [0.717, 1.165) is 6.29 Å². The van der Waals surface area contributed by atoms with E-state index in [-0.39, 0.29) is 11.8 Å². The highest BCUT2D eigenvalue weighted by Gasteiger charge is 2.03. The molecule has 4 nitrogen and oxygen atoms in total. The fourth-order valence-electron chi connectivity index (χ4n) is 1.01. The molecule has 0 fully saturated rings. The average Bonchev–Trinajstić information content (AvgIpc) is 2.35. The van der Waals surface area contributed by atoms with Crippen molar-refractivity contribution in [2.24, 2.45) is 0 Å². The number of unbranched alkanes of at least 4 members (excludes halogenated alkanes) is 1. The van der Waals surface area contributed by atoms with Crippen LogP contribution in [0.5, 0.6) is 11.8 Å². The van der Waals surface area contributed by atoms with Gasteiger partial charge in [0, 0.05) is 25.1 Å². The van der Waals surface area contributed by atoms with Crippen LogP contribution >= 0.6 is 0 Å². The van der Waals surface area contributed by atoms with Crippen molar-refractivity contribution in [3.05, 3.63) is 12.1 Å². The molecule has 4 heteroatoms. The number of aldehydes is 1. The third-order valence-electron chi connectivity index (χ3n) is 1.64. The van der Waals surface area contributed by atoms with Crippen molar-refractivity contribution in [2.75, 3.05) is 0 Å². The van der Waals surface area contributed by atoms with Crippen molar-refractivity contribution in [1.29, 1.82) is 0 Å². The molecule has 0 aliphatic rings. The number of carbonyl (C=O) groups is 1. The Morgan fingerprint density at radius 3 is 2.42 bits per heavy atom. The second-order valence-corrected chi connectivity index (χ2v) is 2.51. The number of aromatic hydroxyl groups is 2. The first-order chi connectivity index (χ1) is 5.75. The largest absolute Gasteiger partial charge is 0.494 e. The molecule has 0 aliphatic heterocycles. The Morgan fingerprint density at radius 2 is 1.92 bits per heavy atom. The van der Waals surface area contributed by atoms with E-state index in [2.05, 4.69) is 0 Å². The Balaban J connectivity index is 2.55. The van der Waals surface area contributed by atoms with Crippen LogP contribution in [0.2, 0.25) is 0 Å². The smallest absolute Gasteiger partial charge is 0.193 e. The summed E-state index contributed by atoms with van der Waals surface area (Å²) in [6.07, 6.45) is 1.88. The monoisotopic (exact) mass is 169 g/mol. The van der Waals surface area contributed by atoms with Crippen molar-refractivity contribution in [3.63, 3.8) is 0 Å². The first-order valence-electron chi connectivity index (χ1n) is 3.77. The molecule has 0 aliphatic carbocycles. The lowest BCUT2D eigenvalue weighted by molar-refractivity contribution is -0.108. The summed E-state index contributed by atoms with van der Waals surface area (Å²) in [6, 6.07) is 2.83. The van der Waals surface area contributed by atoms with E-state index in [1.54, 1.807) is 0 Å². The molecule has 0 amide bonds. The van der Waals surface area contributed by atoms with Gasteiger partial charge < -0.3 is 15.0 Å². The molecule has 0 spiro atoms. The number of hydrogen-bond acceptors (Lipinski definition) is 3. The van der Waals surface area contributed by atoms with Gasteiger partial charge in [0.2, 0.25) is 0 Å². The Kier molecular flexibility index (Phi) is 2.74. The van der Waals surface area contributed by atoms with Gasteiger partial charge in [-0.3, -0.25) is 4.57 Å². The molecule has 66 valence electrons. The predicted molar refractivity (Wildman–Crippen MR) is 43.1 cm³/mol. The fourth-order valence-corrected chi connectivity index (χ4v) is 1.01. The molecule has 0 saturated heterocycles. The van der Waals surface area contributed by atoms with Crippen LogP contribution in [-0.4, -0.2) is 21.1 Å². The molecule has 0 atom stereocenters. The molecule has 1 rings (SSSR count). The van der Waals surface area contributed by atoms with Gasteiger partial charge in [0.15, 0.2) is 11.8 Å². The van der Waals surface area contributed by atoms with Crippen LogP contribution in [0.25, 0.3) is 0 Å². The molecule has 2 N–H and O–H groups in total. The fraction of sp³-hybridized carbons (Fsp3) is 0.375. The van der Waals surface area contributed by atoms with E-state index in [9.17, 15) is 4.79 Å². The lowest BCUT2D eigenvalue weighted by atomic mass is 10.3. The summed E-state index contributed by atoms with van der Waals surface area (Å²) >= 11 is 0. The zero-order chi connectivity index (χ0) is 8.97. The first kappa shape index (κ1) is 8.64. The van der Waals surface area contributed by atoms with Gasteiger partial charge in [-0.1, -0.05) is 0 Å². The normalized spacial score (nSPS) is 10.0. The zero-order valence-electron chi connectivity index (χ0n) is 6.60. The van der Waals surface area contributed by atoms with Gasteiger partial charge in [-0.15, -0.1) is 0 Å². The summed E-state index contributed by atoms with van der Waals surface area (Å²) in [4.78, 5) is 9.97. The van der Waals surface area contributed by atoms with Crippen LogP contribution in [-0.2, 0) is 11.3 Å². The zero-order valence-corrected chi connectivity index (χ0v) is 6.60. The van der Waals surface area contributed by atoms with Crippen LogP contribution < -0.4 is 0 Å². The molecule has 1 heterocycles. The SMILES string of the molecule is O=CCCCn1c(O)ccc1O. The van der Waals surface area contributed by atoms with Crippen molar-refractivity contribution >= 4 is 6.29 Å². The summed E-state index contributed by atoms with van der Waals surface area (Å²) in [5.74, 6) is 0.0526. The van der Waals surface area contributed by atoms with Gasteiger partial charge in [0.25, 0.3) is 0 Å². The van der Waals surface area contributed by atoms with Gasteiger partial charge >= 0.3 is 0 Å². The molecule has 12 heavy (non-hydrogen) atoms. The average molecular weight is 169 g/mol. The van der Waals surface area contributed by atoms with Crippen LogP contribution in [0.1, 0.15) is 12.8 Å². The maximum Gasteiger partial charge on any atom is 0.193 e. The highest BCUT2D eigenvalue weighted by Crippen LogP contribution is 2.20. The van der Waals surface area contributed by atoms with Crippen molar-refractivity contribution < 1.29 is 15.0 Å². The number of hydrogen-bond donors (Lipinski definition) is 2. The maximum absolute atomic E-state index is 9.97.